The monoisotopic (exact) mass is 208 g/mol. The van der Waals surface area contributed by atoms with E-state index in [0.717, 1.165) is 25.5 Å². The van der Waals surface area contributed by atoms with E-state index >= 15 is 0 Å². The van der Waals surface area contributed by atoms with Crippen molar-refractivity contribution in [3.63, 3.8) is 0 Å². The van der Waals surface area contributed by atoms with Crippen LogP contribution < -0.4 is 10.6 Å². The molecule has 15 heavy (non-hydrogen) atoms. The molecule has 2 N–H and O–H groups in total. The van der Waals surface area contributed by atoms with Gasteiger partial charge in [-0.15, -0.1) is 0 Å². The molecule has 0 radical (unpaired) electrons. The van der Waals surface area contributed by atoms with E-state index < -0.39 is 0 Å². The number of nitrogens with two attached hydrogens (primary N) is 1. The molecule has 82 valence electrons. The Kier molecular flexibility index (Phi) is 2.48. The lowest BCUT2D eigenvalue weighted by Gasteiger charge is -2.38. The summed E-state index contributed by atoms with van der Waals surface area (Å²) in [5, 5.41) is 0. The number of rotatable bonds is 1. The van der Waals surface area contributed by atoms with Crippen molar-refractivity contribution >= 4 is 11.6 Å². The fourth-order valence-corrected chi connectivity index (χ4v) is 1.75. The minimum atomic E-state index is -0.127. The van der Waals surface area contributed by atoms with Crippen LogP contribution in [-0.4, -0.2) is 35.3 Å². The molecule has 1 aliphatic rings. The molecule has 0 atom stereocenters. The van der Waals surface area contributed by atoms with Gasteiger partial charge in [0.1, 0.15) is 18.0 Å². The van der Waals surface area contributed by atoms with Crippen LogP contribution in [0.25, 0.3) is 0 Å². The molecule has 1 aliphatic heterocycles. The topological polar surface area (TPSA) is 64.3 Å². The van der Waals surface area contributed by atoms with E-state index in [4.69, 9.17) is 10.5 Å². The van der Waals surface area contributed by atoms with E-state index in [-0.39, 0.29) is 5.60 Å². The summed E-state index contributed by atoms with van der Waals surface area (Å²) >= 11 is 0. The Balaban J connectivity index is 2.17. The molecule has 0 aliphatic carbocycles. The summed E-state index contributed by atoms with van der Waals surface area (Å²) < 4.78 is 5.63. The van der Waals surface area contributed by atoms with Crippen LogP contribution >= 0.6 is 0 Å². The summed E-state index contributed by atoms with van der Waals surface area (Å²) in [6.45, 7) is 6.54. The lowest BCUT2D eigenvalue weighted by atomic mass is 10.1. The Morgan fingerprint density at radius 2 is 2.27 bits per heavy atom. The van der Waals surface area contributed by atoms with Crippen molar-refractivity contribution in [1.82, 2.24) is 9.97 Å². The smallest absolute Gasteiger partial charge is 0.134 e. The first-order valence-corrected chi connectivity index (χ1v) is 5.03. The Bertz CT molecular complexity index is 353. The van der Waals surface area contributed by atoms with Crippen molar-refractivity contribution in [3.05, 3.63) is 12.4 Å². The van der Waals surface area contributed by atoms with Gasteiger partial charge in [0, 0.05) is 19.2 Å². The van der Waals surface area contributed by atoms with Gasteiger partial charge in [-0.05, 0) is 13.8 Å². The lowest BCUT2D eigenvalue weighted by Crippen LogP contribution is -2.48. The van der Waals surface area contributed by atoms with Gasteiger partial charge in [-0.1, -0.05) is 0 Å². The number of nitrogen functional groups attached to an aromatic ring is 1. The van der Waals surface area contributed by atoms with Crippen LogP contribution in [0, 0.1) is 0 Å². The molecule has 5 heteroatoms. The van der Waals surface area contributed by atoms with E-state index in [9.17, 15) is 0 Å². The average Bonchev–Trinajstić information content (AvgIpc) is 2.16. The second-order valence-corrected chi connectivity index (χ2v) is 4.33. The summed E-state index contributed by atoms with van der Waals surface area (Å²) in [6.07, 6.45) is 1.49. The first kappa shape index (κ1) is 10.2. The largest absolute Gasteiger partial charge is 0.384 e. The van der Waals surface area contributed by atoms with Gasteiger partial charge in [-0.25, -0.2) is 9.97 Å². The zero-order valence-corrected chi connectivity index (χ0v) is 9.10. The van der Waals surface area contributed by atoms with Crippen LogP contribution in [0.15, 0.2) is 12.4 Å². The number of hydrogen-bond donors (Lipinski definition) is 1. The summed E-state index contributed by atoms with van der Waals surface area (Å²) in [7, 11) is 0. The predicted octanol–water partition coefficient (Wildman–Crippen LogP) is 0.674. The summed E-state index contributed by atoms with van der Waals surface area (Å²) in [5.41, 5.74) is 5.50. The number of nitrogens with zero attached hydrogens (tertiary/aromatic N) is 3. The quantitative estimate of drug-likeness (QED) is 0.735. The highest BCUT2D eigenvalue weighted by molar-refractivity contribution is 5.46. The standard InChI is InChI=1S/C10H16N4O/c1-10(2)6-14(3-4-15-10)9-5-8(11)12-7-13-9/h5,7H,3-4,6H2,1-2H3,(H2,11,12,13). The first-order valence-electron chi connectivity index (χ1n) is 5.03. The molecule has 2 rings (SSSR count). The second kappa shape index (κ2) is 3.66. The van der Waals surface area contributed by atoms with Crippen molar-refractivity contribution in [2.24, 2.45) is 0 Å². The Labute approximate surface area is 89.3 Å². The molecule has 2 heterocycles. The third-order valence-electron chi connectivity index (χ3n) is 2.42. The maximum Gasteiger partial charge on any atom is 0.134 e. The van der Waals surface area contributed by atoms with Crippen LogP contribution in [0.2, 0.25) is 0 Å². The second-order valence-electron chi connectivity index (χ2n) is 4.33. The van der Waals surface area contributed by atoms with E-state index in [1.54, 1.807) is 6.07 Å². The third-order valence-corrected chi connectivity index (χ3v) is 2.42. The number of ether oxygens (including phenoxy) is 1. The number of aromatic nitrogens is 2. The van der Waals surface area contributed by atoms with Crippen LogP contribution in [0.3, 0.4) is 0 Å². The molecule has 5 nitrogen and oxygen atoms in total. The minimum absolute atomic E-state index is 0.127. The van der Waals surface area contributed by atoms with Gasteiger partial charge in [0.25, 0.3) is 0 Å². The highest BCUT2D eigenvalue weighted by atomic mass is 16.5. The summed E-state index contributed by atoms with van der Waals surface area (Å²) in [4.78, 5) is 10.3. The van der Waals surface area contributed by atoms with E-state index in [2.05, 4.69) is 28.7 Å². The zero-order chi connectivity index (χ0) is 10.9. The molecule has 0 spiro atoms. The number of anilines is 2. The molecule has 0 saturated carbocycles. The summed E-state index contributed by atoms with van der Waals surface area (Å²) in [5.74, 6) is 1.38. The van der Waals surface area contributed by atoms with Gasteiger partial charge in [-0.3, -0.25) is 0 Å². The molecule has 1 fully saturated rings. The van der Waals surface area contributed by atoms with E-state index in [1.807, 2.05) is 0 Å². The molecule has 0 bridgehead atoms. The zero-order valence-electron chi connectivity index (χ0n) is 9.10. The van der Waals surface area contributed by atoms with Crippen LogP contribution in [-0.2, 0) is 4.74 Å². The van der Waals surface area contributed by atoms with Crippen LogP contribution in [0.1, 0.15) is 13.8 Å². The van der Waals surface area contributed by atoms with Crippen molar-refractivity contribution < 1.29 is 4.74 Å². The molecule has 1 saturated heterocycles. The molecule has 0 amide bonds. The maximum atomic E-state index is 5.63. The van der Waals surface area contributed by atoms with Gasteiger partial charge in [0.2, 0.25) is 0 Å². The molecule has 0 aromatic carbocycles. The van der Waals surface area contributed by atoms with Crippen molar-refractivity contribution in [3.8, 4) is 0 Å². The van der Waals surface area contributed by atoms with Crippen LogP contribution in [0.4, 0.5) is 11.6 Å². The molecular formula is C10H16N4O. The van der Waals surface area contributed by atoms with E-state index in [0.29, 0.717) is 5.82 Å². The highest BCUT2D eigenvalue weighted by Gasteiger charge is 2.27. The Morgan fingerprint density at radius 3 is 2.93 bits per heavy atom. The molecule has 1 aromatic heterocycles. The molecule has 1 aromatic rings. The average molecular weight is 208 g/mol. The fraction of sp³-hybridized carbons (Fsp3) is 0.600. The first-order chi connectivity index (χ1) is 7.07. The molecular weight excluding hydrogens is 192 g/mol. The van der Waals surface area contributed by atoms with E-state index in [1.165, 1.54) is 6.33 Å². The maximum absolute atomic E-state index is 5.63. The van der Waals surface area contributed by atoms with Crippen molar-refractivity contribution in [2.45, 2.75) is 19.4 Å². The van der Waals surface area contributed by atoms with Crippen LogP contribution in [0.5, 0.6) is 0 Å². The Morgan fingerprint density at radius 1 is 1.47 bits per heavy atom. The predicted molar refractivity (Wildman–Crippen MR) is 58.7 cm³/mol. The van der Waals surface area contributed by atoms with Gasteiger partial charge in [-0.2, -0.15) is 0 Å². The number of morpholine rings is 1. The minimum Gasteiger partial charge on any atom is -0.384 e. The number of hydrogen-bond acceptors (Lipinski definition) is 5. The van der Waals surface area contributed by atoms with Gasteiger partial charge < -0.3 is 15.4 Å². The van der Waals surface area contributed by atoms with Crippen molar-refractivity contribution in [2.75, 3.05) is 30.3 Å². The highest BCUT2D eigenvalue weighted by Crippen LogP contribution is 2.21. The van der Waals surface area contributed by atoms with Crippen molar-refractivity contribution in [1.29, 1.82) is 0 Å². The summed E-state index contributed by atoms with van der Waals surface area (Å²) in [6, 6.07) is 1.79. The van der Waals surface area contributed by atoms with Gasteiger partial charge in [0.05, 0.1) is 12.2 Å². The third kappa shape index (κ3) is 2.36. The lowest BCUT2D eigenvalue weighted by molar-refractivity contribution is -0.0279. The fourth-order valence-electron chi connectivity index (χ4n) is 1.75. The molecule has 0 unspecified atom stereocenters. The normalized spacial score (nSPS) is 20.3. The van der Waals surface area contributed by atoms with Gasteiger partial charge in [0.15, 0.2) is 0 Å². The SMILES string of the molecule is CC1(C)CN(c2cc(N)ncn2)CCO1. The Hall–Kier alpha value is -1.36. The van der Waals surface area contributed by atoms with Gasteiger partial charge >= 0.3 is 0 Å².